The Hall–Kier alpha value is -2.63. The molecule has 0 bridgehead atoms. The second-order valence-corrected chi connectivity index (χ2v) is 6.06. The molecule has 5 nitrogen and oxygen atoms in total. The van der Waals surface area contributed by atoms with Crippen molar-refractivity contribution in [2.75, 3.05) is 10.6 Å². The first-order valence-corrected chi connectivity index (χ1v) is 8.25. The SMILES string of the molecule is O=C(Cc1c(Cl)cccc1Cl)Nc1cnnc(Nc2ccccc2)c1. The summed E-state index contributed by atoms with van der Waals surface area (Å²) in [6, 6.07) is 16.4. The number of aromatic nitrogens is 2. The van der Waals surface area contributed by atoms with Crippen molar-refractivity contribution in [2.45, 2.75) is 6.42 Å². The van der Waals surface area contributed by atoms with Gasteiger partial charge < -0.3 is 10.6 Å². The van der Waals surface area contributed by atoms with E-state index in [9.17, 15) is 4.79 Å². The maximum Gasteiger partial charge on any atom is 0.228 e. The fourth-order valence-electron chi connectivity index (χ4n) is 2.23. The van der Waals surface area contributed by atoms with E-state index in [1.807, 2.05) is 30.3 Å². The van der Waals surface area contributed by atoms with Crippen LogP contribution in [-0.2, 0) is 11.2 Å². The van der Waals surface area contributed by atoms with Gasteiger partial charge in [0.05, 0.1) is 18.3 Å². The van der Waals surface area contributed by atoms with Crippen LogP contribution in [0.15, 0.2) is 60.8 Å². The molecule has 2 aromatic carbocycles. The second kappa shape index (κ2) is 7.96. The molecule has 2 N–H and O–H groups in total. The Labute approximate surface area is 155 Å². The molecule has 0 fully saturated rings. The van der Waals surface area contributed by atoms with Crippen LogP contribution in [0, 0.1) is 0 Å². The quantitative estimate of drug-likeness (QED) is 0.680. The molecule has 1 aromatic heterocycles. The standard InChI is InChI=1S/C18H14Cl2N4O/c19-15-7-4-8-16(20)14(15)10-18(25)23-13-9-17(24-21-11-13)22-12-5-2-1-3-6-12/h1-9,11H,10H2,(H2,22,23,24,25). The summed E-state index contributed by atoms with van der Waals surface area (Å²) in [5.74, 6) is 0.286. The van der Waals surface area contributed by atoms with E-state index in [1.165, 1.54) is 6.20 Å². The van der Waals surface area contributed by atoms with Crippen molar-refractivity contribution in [3.63, 3.8) is 0 Å². The third-order valence-corrected chi connectivity index (χ3v) is 4.09. The van der Waals surface area contributed by atoms with Crippen LogP contribution in [-0.4, -0.2) is 16.1 Å². The summed E-state index contributed by atoms with van der Waals surface area (Å²) in [5.41, 5.74) is 2.00. The van der Waals surface area contributed by atoms with Gasteiger partial charge >= 0.3 is 0 Å². The van der Waals surface area contributed by atoms with E-state index in [0.717, 1.165) is 5.69 Å². The lowest BCUT2D eigenvalue weighted by molar-refractivity contribution is -0.115. The van der Waals surface area contributed by atoms with Crippen molar-refractivity contribution in [3.8, 4) is 0 Å². The fourth-order valence-corrected chi connectivity index (χ4v) is 2.76. The molecule has 3 aromatic rings. The molecule has 25 heavy (non-hydrogen) atoms. The van der Waals surface area contributed by atoms with Gasteiger partial charge in [0.1, 0.15) is 0 Å². The third-order valence-electron chi connectivity index (χ3n) is 3.38. The van der Waals surface area contributed by atoms with E-state index in [0.29, 0.717) is 27.1 Å². The molecule has 0 aliphatic rings. The highest BCUT2D eigenvalue weighted by molar-refractivity contribution is 6.36. The van der Waals surface area contributed by atoms with Crippen LogP contribution in [0.2, 0.25) is 10.0 Å². The molecule has 0 radical (unpaired) electrons. The molecule has 0 spiro atoms. The zero-order valence-corrected chi connectivity index (χ0v) is 14.6. The van der Waals surface area contributed by atoms with E-state index in [4.69, 9.17) is 23.2 Å². The Morgan fingerprint density at radius 2 is 1.68 bits per heavy atom. The van der Waals surface area contributed by atoms with Crippen molar-refractivity contribution >= 4 is 46.3 Å². The van der Waals surface area contributed by atoms with E-state index >= 15 is 0 Å². The Morgan fingerprint density at radius 1 is 0.960 bits per heavy atom. The molecule has 0 saturated heterocycles. The first-order chi connectivity index (χ1) is 12.1. The molecular formula is C18H14Cl2N4O. The number of hydrogen-bond donors (Lipinski definition) is 2. The maximum atomic E-state index is 12.3. The number of amides is 1. The van der Waals surface area contributed by atoms with Gasteiger partial charge in [0.2, 0.25) is 5.91 Å². The number of carbonyl (C=O) groups is 1. The molecule has 0 aliphatic heterocycles. The van der Waals surface area contributed by atoms with E-state index in [1.54, 1.807) is 24.3 Å². The van der Waals surface area contributed by atoms with Crippen molar-refractivity contribution in [2.24, 2.45) is 0 Å². The first kappa shape index (κ1) is 17.2. The number of hydrogen-bond acceptors (Lipinski definition) is 4. The Balaban J connectivity index is 1.68. The van der Waals surface area contributed by atoms with Gasteiger partial charge in [-0.3, -0.25) is 4.79 Å². The van der Waals surface area contributed by atoms with Gasteiger partial charge in [0.25, 0.3) is 0 Å². The topological polar surface area (TPSA) is 66.9 Å². The van der Waals surface area contributed by atoms with Crippen LogP contribution in [0.25, 0.3) is 0 Å². The smallest absolute Gasteiger partial charge is 0.228 e. The van der Waals surface area contributed by atoms with E-state index in [2.05, 4.69) is 20.8 Å². The van der Waals surface area contributed by atoms with Crippen molar-refractivity contribution in [1.82, 2.24) is 10.2 Å². The third kappa shape index (κ3) is 4.68. The average Bonchev–Trinajstić information content (AvgIpc) is 2.59. The number of benzene rings is 2. The summed E-state index contributed by atoms with van der Waals surface area (Å²) in [6.45, 7) is 0. The largest absolute Gasteiger partial charge is 0.339 e. The number of para-hydroxylation sites is 1. The van der Waals surface area contributed by atoms with Crippen molar-refractivity contribution < 1.29 is 4.79 Å². The molecule has 126 valence electrons. The number of rotatable bonds is 5. The van der Waals surface area contributed by atoms with Crippen LogP contribution in [0.4, 0.5) is 17.2 Å². The predicted molar refractivity (Wildman–Crippen MR) is 101 cm³/mol. The maximum absolute atomic E-state index is 12.3. The molecule has 0 saturated carbocycles. The highest BCUT2D eigenvalue weighted by atomic mass is 35.5. The van der Waals surface area contributed by atoms with Gasteiger partial charge in [0.15, 0.2) is 5.82 Å². The summed E-state index contributed by atoms with van der Waals surface area (Å²) in [5, 5.41) is 14.7. The second-order valence-electron chi connectivity index (χ2n) is 5.25. The van der Waals surface area contributed by atoms with Gasteiger partial charge in [-0.05, 0) is 29.8 Å². The number of anilines is 3. The first-order valence-electron chi connectivity index (χ1n) is 7.49. The highest BCUT2D eigenvalue weighted by Gasteiger charge is 2.11. The minimum absolute atomic E-state index is 0.0717. The molecule has 0 aliphatic carbocycles. The van der Waals surface area contributed by atoms with Crippen LogP contribution in [0.1, 0.15) is 5.56 Å². The molecule has 1 amide bonds. The van der Waals surface area contributed by atoms with Gasteiger partial charge in [-0.2, -0.15) is 5.10 Å². The summed E-state index contributed by atoms with van der Waals surface area (Å²) in [7, 11) is 0. The fraction of sp³-hybridized carbons (Fsp3) is 0.0556. The Morgan fingerprint density at radius 3 is 2.40 bits per heavy atom. The van der Waals surface area contributed by atoms with Crippen molar-refractivity contribution in [3.05, 3.63) is 76.4 Å². The van der Waals surface area contributed by atoms with Crippen LogP contribution in [0.3, 0.4) is 0 Å². The van der Waals surface area contributed by atoms with Gasteiger partial charge in [-0.1, -0.05) is 47.5 Å². The van der Waals surface area contributed by atoms with Crippen LogP contribution < -0.4 is 10.6 Å². The number of carbonyl (C=O) groups excluding carboxylic acids is 1. The van der Waals surface area contributed by atoms with Crippen molar-refractivity contribution in [1.29, 1.82) is 0 Å². The monoisotopic (exact) mass is 372 g/mol. The van der Waals surface area contributed by atoms with Gasteiger partial charge in [-0.25, -0.2) is 0 Å². The number of nitrogens with zero attached hydrogens (tertiary/aromatic N) is 2. The molecule has 3 rings (SSSR count). The summed E-state index contributed by atoms with van der Waals surface area (Å²) >= 11 is 12.2. The molecule has 1 heterocycles. The van der Waals surface area contributed by atoms with E-state index < -0.39 is 0 Å². The Bertz CT molecular complexity index is 867. The van der Waals surface area contributed by atoms with Gasteiger partial charge in [0, 0.05) is 21.8 Å². The molecule has 0 atom stereocenters. The van der Waals surface area contributed by atoms with Crippen LogP contribution in [0.5, 0.6) is 0 Å². The Kier molecular flexibility index (Phi) is 5.48. The molecule has 7 heteroatoms. The lowest BCUT2D eigenvalue weighted by Crippen LogP contribution is -2.15. The minimum atomic E-state index is -0.242. The highest BCUT2D eigenvalue weighted by Crippen LogP contribution is 2.25. The number of halogens is 2. The lowest BCUT2D eigenvalue weighted by Gasteiger charge is -2.09. The number of nitrogens with one attached hydrogen (secondary N) is 2. The van der Waals surface area contributed by atoms with Crippen LogP contribution >= 0.6 is 23.2 Å². The lowest BCUT2D eigenvalue weighted by atomic mass is 10.1. The normalized spacial score (nSPS) is 10.3. The molecular weight excluding hydrogens is 359 g/mol. The summed E-state index contributed by atoms with van der Waals surface area (Å²) in [4.78, 5) is 12.3. The molecule has 0 unspecified atom stereocenters. The zero-order chi connectivity index (χ0) is 17.6. The predicted octanol–water partition coefficient (Wildman–Crippen LogP) is 4.71. The zero-order valence-electron chi connectivity index (χ0n) is 13.0. The summed E-state index contributed by atoms with van der Waals surface area (Å²) in [6.07, 6.45) is 1.55. The average molecular weight is 373 g/mol. The minimum Gasteiger partial charge on any atom is -0.339 e. The van der Waals surface area contributed by atoms with Gasteiger partial charge in [-0.15, -0.1) is 5.10 Å². The van der Waals surface area contributed by atoms with E-state index in [-0.39, 0.29) is 12.3 Å². The summed E-state index contributed by atoms with van der Waals surface area (Å²) < 4.78 is 0.